The van der Waals surface area contributed by atoms with Crippen LogP contribution in [0, 0.1) is 5.92 Å². The highest BCUT2D eigenvalue weighted by atomic mass is 16.5. The Hall–Kier alpha value is -2.43. The molecular weight excluding hydrogens is 388 g/mol. The molecule has 170 valence electrons. The number of rotatable bonds is 15. The van der Waals surface area contributed by atoms with E-state index >= 15 is 0 Å². The Kier molecular flexibility index (Phi) is 11.7. The summed E-state index contributed by atoms with van der Waals surface area (Å²) in [7, 11) is 0. The minimum atomic E-state index is -0.174. The standard InChI is InChI=1S/C26H38N2O3/c1-4-6-8-9-10-12-18-30-24-19-27-25(28-20-24)22-14-16-23(17-15-22)31-26(29)21(3)13-11-7-5-2/h14-17,19-21H,4-13,18H2,1-3H3/t21-/m0/s1. The molecule has 31 heavy (non-hydrogen) atoms. The maximum absolute atomic E-state index is 12.2. The third-order valence-electron chi connectivity index (χ3n) is 5.37. The summed E-state index contributed by atoms with van der Waals surface area (Å²) in [6, 6.07) is 7.32. The van der Waals surface area contributed by atoms with Crippen molar-refractivity contribution in [3.63, 3.8) is 0 Å². The van der Waals surface area contributed by atoms with Crippen LogP contribution in [0.2, 0.25) is 0 Å². The van der Waals surface area contributed by atoms with Gasteiger partial charge >= 0.3 is 5.97 Å². The van der Waals surface area contributed by atoms with Gasteiger partial charge in [-0.25, -0.2) is 9.97 Å². The summed E-state index contributed by atoms with van der Waals surface area (Å²) in [5.41, 5.74) is 0.873. The van der Waals surface area contributed by atoms with Crippen LogP contribution in [-0.4, -0.2) is 22.5 Å². The number of hydrogen-bond acceptors (Lipinski definition) is 5. The molecule has 0 amide bonds. The average molecular weight is 427 g/mol. The molecule has 0 radical (unpaired) electrons. The summed E-state index contributed by atoms with van der Waals surface area (Å²) >= 11 is 0. The average Bonchev–Trinajstić information content (AvgIpc) is 2.79. The van der Waals surface area contributed by atoms with E-state index in [-0.39, 0.29) is 11.9 Å². The van der Waals surface area contributed by atoms with Gasteiger partial charge in [0.2, 0.25) is 0 Å². The van der Waals surface area contributed by atoms with Crippen LogP contribution in [-0.2, 0) is 4.79 Å². The van der Waals surface area contributed by atoms with Crippen LogP contribution in [0.1, 0.15) is 85.0 Å². The van der Waals surface area contributed by atoms with Gasteiger partial charge in [0.1, 0.15) is 5.75 Å². The number of carbonyl (C=O) groups excluding carboxylic acids is 1. The van der Waals surface area contributed by atoms with Crippen molar-refractivity contribution in [2.75, 3.05) is 6.61 Å². The fourth-order valence-corrected chi connectivity index (χ4v) is 3.32. The molecule has 1 aromatic carbocycles. The molecule has 0 fully saturated rings. The van der Waals surface area contributed by atoms with E-state index in [1.807, 2.05) is 19.1 Å². The highest BCUT2D eigenvalue weighted by Crippen LogP contribution is 2.22. The largest absolute Gasteiger partial charge is 0.490 e. The number of hydrogen-bond donors (Lipinski definition) is 0. The van der Waals surface area contributed by atoms with Crippen molar-refractivity contribution in [1.29, 1.82) is 0 Å². The first kappa shape index (κ1) is 24.8. The molecular formula is C26H38N2O3. The molecule has 1 atom stereocenters. The number of carbonyl (C=O) groups is 1. The van der Waals surface area contributed by atoms with Crippen LogP contribution in [0.3, 0.4) is 0 Å². The molecule has 2 aromatic rings. The molecule has 5 heteroatoms. The molecule has 0 spiro atoms. The second-order valence-electron chi connectivity index (χ2n) is 8.20. The fourth-order valence-electron chi connectivity index (χ4n) is 3.32. The summed E-state index contributed by atoms with van der Waals surface area (Å²) in [4.78, 5) is 21.0. The van der Waals surface area contributed by atoms with Gasteiger partial charge < -0.3 is 9.47 Å². The molecule has 0 N–H and O–H groups in total. The SMILES string of the molecule is CCCCCCCCOc1cnc(-c2ccc(OC(=O)[C@@H](C)CCCCC)cc2)nc1. The quantitative estimate of drug-likeness (QED) is 0.174. The molecule has 0 saturated heterocycles. The van der Waals surface area contributed by atoms with Crippen molar-refractivity contribution >= 4 is 5.97 Å². The Morgan fingerprint density at radius 2 is 1.45 bits per heavy atom. The lowest BCUT2D eigenvalue weighted by molar-refractivity contribution is -0.138. The van der Waals surface area contributed by atoms with Crippen molar-refractivity contribution in [3.05, 3.63) is 36.7 Å². The van der Waals surface area contributed by atoms with E-state index in [4.69, 9.17) is 9.47 Å². The third-order valence-corrected chi connectivity index (χ3v) is 5.37. The minimum absolute atomic E-state index is 0.0848. The van der Waals surface area contributed by atoms with Crippen molar-refractivity contribution in [3.8, 4) is 22.9 Å². The summed E-state index contributed by atoms with van der Waals surface area (Å²) in [5.74, 6) is 1.61. The lowest BCUT2D eigenvalue weighted by Gasteiger charge is -2.11. The summed E-state index contributed by atoms with van der Waals surface area (Å²) in [6.07, 6.45) is 15.1. The van der Waals surface area contributed by atoms with Crippen molar-refractivity contribution in [2.24, 2.45) is 5.92 Å². The molecule has 0 saturated carbocycles. The molecule has 0 bridgehead atoms. The van der Waals surface area contributed by atoms with Crippen LogP contribution in [0.4, 0.5) is 0 Å². The Labute approximate surface area is 187 Å². The number of nitrogens with zero attached hydrogens (tertiary/aromatic N) is 2. The lowest BCUT2D eigenvalue weighted by atomic mass is 10.0. The highest BCUT2D eigenvalue weighted by molar-refractivity contribution is 5.75. The smallest absolute Gasteiger partial charge is 0.314 e. The van der Waals surface area contributed by atoms with Gasteiger partial charge in [0.25, 0.3) is 0 Å². The van der Waals surface area contributed by atoms with Crippen molar-refractivity contribution in [2.45, 2.75) is 85.0 Å². The highest BCUT2D eigenvalue weighted by Gasteiger charge is 2.15. The van der Waals surface area contributed by atoms with Gasteiger partial charge in [-0.3, -0.25) is 4.79 Å². The summed E-state index contributed by atoms with van der Waals surface area (Å²) in [6.45, 7) is 7.01. The van der Waals surface area contributed by atoms with Crippen molar-refractivity contribution in [1.82, 2.24) is 9.97 Å². The number of unbranched alkanes of at least 4 members (excludes halogenated alkanes) is 7. The maximum atomic E-state index is 12.2. The van der Waals surface area contributed by atoms with E-state index in [0.29, 0.717) is 23.9 Å². The van der Waals surface area contributed by atoms with E-state index < -0.39 is 0 Å². The Bertz CT molecular complexity index is 744. The minimum Gasteiger partial charge on any atom is -0.490 e. The number of esters is 1. The van der Waals surface area contributed by atoms with E-state index in [2.05, 4.69) is 23.8 Å². The van der Waals surface area contributed by atoms with Gasteiger partial charge in [-0.1, -0.05) is 72.1 Å². The zero-order valence-corrected chi connectivity index (χ0v) is 19.4. The molecule has 1 heterocycles. The zero-order valence-electron chi connectivity index (χ0n) is 19.4. The van der Waals surface area contributed by atoms with Gasteiger partial charge in [-0.15, -0.1) is 0 Å². The summed E-state index contributed by atoms with van der Waals surface area (Å²) < 4.78 is 11.2. The Balaban J connectivity index is 1.77. The van der Waals surface area contributed by atoms with Crippen LogP contribution >= 0.6 is 0 Å². The first-order valence-electron chi connectivity index (χ1n) is 11.9. The van der Waals surface area contributed by atoms with Crippen LogP contribution in [0.5, 0.6) is 11.5 Å². The van der Waals surface area contributed by atoms with Gasteiger partial charge in [-0.2, -0.15) is 0 Å². The first-order valence-corrected chi connectivity index (χ1v) is 11.9. The molecule has 1 aromatic heterocycles. The monoisotopic (exact) mass is 426 g/mol. The van der Waals surface area contributed by atoms with Gasteiger partial charge in [0.05, 0.1) is 24.9 Å². The maximum Gasteiger partial charge on any atom is 0.314 e. The number of aromatic nitrogens is 2. The predicted octanol–water partition coefficient (Wildman–Crippen LogP) is 7.00. The van der Waals surface area contributed by atoms with Gasteiger partial charge in [0, 0.05) is 5.56 Å². The second kappa shape index (κ2) is 14.6. The molecule has 0 unspecified atom stereocenters. The van der Waals surface area contributed by atoms with E-state index in [9.17, 15) is 4.79 Å². The van der Waals surface area contributed by atoms with Crippen molar-refractivity contribution < 1.29 is 14.3 Å². The van der Waals surface area contributed by atoms with Crippen LogP contribution in [0.15, 0.2) is 36.7 Å². The van der Waals surface area contributed by atoms with Gasteiger partial charge in [-0.05, 0) is 37.1 Å². The fraction of sp³-hybridized carbons (Fsp3) is 0.577. The summed E-state index contributed by atoms with van der Waals surface area (Å²) in [5, 5.41) is 0. The second-order valence-corrected chi connectivity index (χ2v) is 8.20. The normalized spacial score (nSPS) is 11.8. The number of benzene rings is 1. The Morgan fingerprint density at radius 3 is 2.13 bits per heavy atom. The topological polar surface area (TPSA) is 61.3 Å². The van der Waals surface area contributed by atoms with Crippen LogP contribution in [0.25, 0.3) is 11.4 Å². The Morgan fingerprint density at radius 1 is 0.839 bits per heavy atom. The number of ether oxygens (including phenoxy) is 2. The molecule has 0 aliphatic heterocycles. The van der Waals surface area contributed by atoms with E-state index in [0.717, 1.165) is 37.7 Å². The molecule has 0 aliphatic rings. The molecule has 2 rings (SSSR count). The lowest BCUT2D eigenvalue weighted by Crippen LogP contribution is -2.17. The van der Waals surface area contributed by atoms with Crippen LogP contribution < -0.4 is 9.47 Å². The predicted molar refractivity (Wildman–Crippen MR) is 125 cm³/mol. The van der Waals surface area contributed by atoms with Gasteiger partial charge in [0.15, 0.2) is 11.6 Å². The third kappa shape index (κ3) is 9.50. The molecule has 5 nitrogen and oxygen atoms in total. The molecule has 0 aliphatic carbocycles. The van der Waals surface area contributed by atoms with E-state index in [1.165, 1.54) is 32.1 Å². The zero-order chi connectivity index (χ0) is 22.3. The van der Waals surface area contributed by atoms with E-state index in [1.54, 1.807) is 24.5 Å². The first-order chi connectivity index (χ1) is 15.1.